The summed E-state index contributed by atoms with van der Waals surface area (Å²) in [6.45, 7) is 6.00. The van der Waals surface area contributed by atoms with E-state index >= 15 is 0 Å². The topological polar surface area (TPSA) is 76.3 Å². The first-order valence-corrected chi connectivity index (χ1v) is 11.1. The number of aromatic nitrogens is 2. The molecule has 162 valence electrons. The minimum atomic E-state index is -0.986. The van der Waals surface area contributed by atoms with Crippen molar-refractivity contribution in [1.29, 1.82) is 0 Å². The van der Waals surface area contributed by atoms with Crippen LogP contribution < -0.4 is 10.3 Å². The molecular weight excluding hydrogens is 429 g/mol. The fraction of sp³-hybridized carbons (Fsp3) is 0.250. The van der Waals surface area contributed by atoms with Crippen LogP contribution >= 0.6 is 11.3 Å². The molecule has 1 unspecified atom stereocenters. The van der Waals surface area contributed by atoms with Gasteiger partial charge < -0.3 is 4.42 Å². The van der Waals surface area contributed by atoms with E-state index in [2.05, 4.69) is 24.0 Å². The number of fused-ring (bicyclic) bond motifs is 2. The van der Waals surface area contributed by atoms with E-state index in [9.17, 15) is 14.0 Å². The predicted octanol–water partition coefficient (Wildman–Crippen LogP) is 5.04. The highest BCUT2D eigenvalue weighted by Crippen LogP contribution is 2.42. The number of aryl methyl sites for hydroxylation is 1. The Labute approximate surface area is 187 Å². The average Bonchev–Trinajstić information content (AvgIpc) is 3.31. The lowest BCUT2D eigenvalue weighted by Gasteiger charge is -2.22. The molecule has 1 atom stereocenters. The lowest BCUT2D eigenvalue weighted by molar-refractivity contribution is 0.0970. The van der Waals surface area contributed by atoms with Crippen molar-refractivity contribution in [3.05, 3.63) is 86.0 Å². The van der Waals surface area contributed by atoms with Gasteiger partial charge in [0.05, 0.1) is 10.9 Å². The average molecular weight is 450 g/mol. The van der Waals surface area contributed by atoms with Crippen LogP contribution in [-0.4, -0.2) is 16.1 Å². The van der Waals surface area contributed by atoms with E-state index in [1.807, 2.05) is 13.0 Å². The summed E-state index contributed by atoms with van der Waals surface area (Å²) < 4.78 is 20.8. The van der Waals surface area contributed by atoms with E-state index in [-0.39, 0.29) is 22.3 Å². The van der Waals surface area contributed by atoms with Gasteiger partial charge in [0.2, 0.25) is 10.9 Å². The van der Waals surface area contributed by atoms with Crippen LogP contribution in [0.1, 0.15) is 52.1 Å². The van der Waals surface area contributed by atoms with E-state index in [0.717, 1.165) is 10.6 Å². The standard InChI is InChI=1S/C24H20FN3O3S/c1-12(2)10-18-26-27-24(32-18)28-20(14-6-4-5-7-16(14)25)19-21(29)15-11-13(3)8-9-17(15)31-22(19)23(28)30/h4-9,11-12,20H,10H2,1-3H3. The number of anilines is 1. The Hall–Kier alpha value is -3.39. The molecule has 6 nitrogen and oxygen atoms in total. The van der Waals surface area contributed by atoms with Gasteiger partial charge in [-0.25, -0.2) is 4.39 Å². The Bertz CT molecular complexity index is 1430. The quantitative estimate of drug-likeness (QED) is 0.436. The number of carbonyl (C=O) groups excluding carboxylic acids is 1. The number of carbonyl (C=O) groups is 1. The Morgan fingerprint density at radius 3 is 2.69 bits per heavy atom. The van der Waals surface area contributed by atoms with Crippen molar-refractivity contribution in [2.45, 2.75) is 33.2 Å². The molecule has 1 aliphatic rings. The predicted molar refractivity (Wildman–Crippen MR) is 121 cm³/mol. The molecule has 0 radical (unpaired) electrons. The zero-order chi connectivity index (χ0) is 22.6. The maximum Gasteiger partial charge on any atom is 0.297 e. The van der Waals surface area contributed by atoms with Gasteiger partial charge in [-0.15, -0.1) is 10.2 Å². The Morgan fingerprint density at radius 1 is 1.16 bits per heavy atom. The number of hydrogen-bond acceptors (Lipinski definition) is 6. The summed E-state index contributed by atoms with van der Waals surface area (Å²) in [5.74, 6) is -0.763. The summed E-state index contributed by atoms with van der Waals surface area (Å²) >= 11 is 1.27. The largest absolute Gasteiger partial charge is 0.450 e. The molecule has 0 saturated carbocycles. The number of amides is 1. The van der Waals surface area contributed by atoms with Crippen molar-refractivity contribution < 1.29 is 13.6 Å². The first-order valence-electron chi connectivity index (χ1n) is 10.3. The van der Waals surface area contributed by atoms with Crippen LogP contribution in [0.2, 0.25) is 0 Å². The van der Waals surface area contributed by atoms with E-state index in [0.29, 0.717) is 28.4 Å². The molecule has 0 fully saturated rings. The third-order valence-corrected chi connectivity index (χ3v) is 6.42. The van der Waals surface area contributed by atoms with Gasteiger partial charge in [0.1, 0.15) is 22.4 Å². The summed E-state index contributed by atoms with van der Waals surface area (Å²) in [6, 6.07) is 10.4. The number of hydrogen-bond donors (Lipinski definition) is 0. The zero-order valence-corrected chi connectivity index (χ0v) is 18.6. The number of benzene rings is 2. The van der Waals surface area contributed by atoms with Crippen molar-refractivity contribution in [3.63, 3.8) is 0 Å². The fourth-order valence-corrected chi connectivity index (χ4v) is 5.13. The van der Waals surface area contributed by atoms with E-state index in [1.165, 1.54) is 22.3 Å². The van der Waals surface area contributed by atoms with Gasteiger partial charge in [-0.3, -0.25) is 14.5 Å². The Balaban J connectivity index is 1.76. The van der Waals surface area contributed by atoms with Crippen LogP contribution in [0.4, 0.5) is 9.52 Å². The summed E-state index contributed by atoms with van der Waals surface area (Å²) in [6.07, 6.45) is 0.706. The summed E-state index contributed by atoms with van der Waals surface area (Å²) in [4.78, 5) is 28.4. The van der Waals surface area contributed by atoms with Crippen molar-refractivity contribution in [3.8, 4) is 0 Å². The molecule has 3 heterocycles. The number of nitrogens with zero attached hydrogens (tertiary/aromatic N) is 3. The SMILES string of the molecule is Cc1ccc2oc3c(c(=O)c2c1)C(c1ccccc1F)N(c1nnc(CC(C)C)s1)C3=O. The Morgan fingerprint density at radius 2 is 1.94 bits per heavy atom. The minimum absolute atomic E-state index is 0.0831. The summed E-state index contributed by atoms with van der Waals surface area (Å²) in [5, 5.41) is 9.86. The maximum atomic E-state index is 14.9. The lowest BCUT2D eigenvalue weighted by atomic mass is 9.98. The summed E-state index contributed by atoms with van der Waals surface area (Å²) in [5.41, 5.74) is 1.19. The van der Waals surface area contributed by atoms with Gasteiger partial charge in [0, 0.05) is 12.0 Å². The molecule has 0 N–H and O–H groups in total. The van der Waals surface area contributed by atoms with Crippen molar-refractivity contribution in [2.24, 2.45) is 5.92 Å². The van der Waals surface area contributed by atoms with Gasteiger partial charge >= 0.3 is 0 Å². The molecule has 1 aliphatic heterocycles. The molecule has 0 bridgehead atoms. The van der Waals surface area contributed by atoms with Crippen LogP contribution in [0.25, 0.3) is 11.0 Å². The smallest absolute Gasteiger partial charge is 0.297 e. The van der Waals surface area contributed by atoms with E-state index in [4.69, 9.17) is 4.42 Å². The molecular formula is C24H20FN3O3S. The van der Waals surface area contributed by atoms with Crippen LogP contribution in [0.15, 0.2) is 51.7 Å². The second-order valence-electron chi connectivity index (χ2n) is 8.35. The number of rotatable bonds is 4. The molecule has 32 heavy (non-hydrogen) atoms. The van der Waals surface area contributed by atoms with E-state index in [1.54, 1.807) is 30.3 Å². The molecule has 2 aromatic carbocycles. The first kappa shape index (κ1) is 20.5. The number of halogens is 1. The molecule has 0 saturated heterocycles. The zero-order valence-electron chi connectivity index (χ0n) is 17.8. The van der Waals surface area contributed by atoms with E-state index < -0.39 is 17.8 Å². The second-order valence-corrected chi connectivity index (χ2v) is 9.39. The Kier molecular flexibility index (Phi) is 4.89. The third-order valence-electron chi connectivity index (χ3n) is 5.47. The molecule has 5 rings (SSSR count). The van der Waals surface area contributed by atoms with Crippen LogP contribution in [0, 0.1) is 18.7 Å². The van der Waals surface area contributed by atoms with Gasteiger partial charge in [-0.2, -0.15) is 0 Å². The van der Waals surface area contributed by atoms with Gasteiger partial charge in [-0.05, 0) is 31.0 Å². The molecule has 0 spiro atoms. The van der Waals surface area contributed by atoms with Crippen LogP contribution in [0.5, 0.6) is 0 Å². The second kappa shape index (κ2) is 7.63. The first-order chi connectivity index (χ1) is 15.3. The van der Waals surface area contributed by atoms with Crippen LogP contribution in [-0.2, 0) is 6.42 Å². The maximum absolute atomic E-state index is 14.9. The normalized spacial score (nSPS) is 15.7. The molecule has 0 aliphatic carbocycles. The van der Waals surface area contributed by atoms with Gasteiger partial charge in [0.25, 0.3) is 5.91 Å². The highest BCUT2D eigenvalue weighted by atomic mass is 32.1. The van der Waals surface area contributed by atoms with Gasteiger partial charge in [-0.1, -0.05) is 55.0 Å². The molecule has 4 aromatic rings. The lowest BCUT2D eigenvalue weighted by Crippen LogP contribution is -2.30. The molecule has 2 aromatic heterocycles. The van der Waals surface area contributed by atoms with Crippen LogP contribution in [0.3, 0.4) is 0 Å². The molecule has 8 heteroatoms. The van der Waals surface area contributed by atoms with Crippen molar-refractivity contribution >= 4 is 33.3 Å². The van der Waals surface area contributed by atoms with Gasteiger partial charge in [0.15, 0.2) is 5.43 Å². The van der Waals surface area contributed by atoms with Crippen molar-refractivity contribution in [1.82, 2.24) is 10.2 Å². The monoisotopic (exact) mass is 449 g/mol. The molecule has 1 amide bonds. The fourth-order valence-electron chi connectivity index (χ4n) is 4.05. The third kappa shape index (κ3) is 3.22. The minimum Gasteiger partial charge on any atom is -0.450 e. The van der Waals surface area contributed by atoms with Crippen molar-refractivity contribution in [2.75, 3.05) is 4.90 Å². The highest BCUT2D eigenvalue weighted by molar-refractivity contribution is 7.15. The summed E-state index contributed by atoms with van der Waals surface area (Å²) in [7, 11) is 0. The highest BCUT2D eigenvalue weighted by Gasteiger charge is 2.46.